The minimum absolute atomic E-state index is 0.0588. The Morgan fingerprint density at radius 2 is 2.14 bits per heavy atom. The zero-order chi connectivity index (χ0) is 15.5. The number of hydrogen-bond acceptors (Lipinski definition) is 3. The van der Waals surface area contributed by atoms with E-state index in [0.29, 0.717) is 12.3 Å². The second-order valence-corrected chi connectivity index (χ2v) is 7.15. The van der Waals surface area contributed by atoms with Crippen LogP contribution in [-0.2, 0) is 17.6 Å². The summed E-state index contributed by atoms with van der Waals surface area (Å²) in [6.45, 7) is 2.20. The number of aromatic amines is 1. The zero-order valence-electron chi connectivity index (χ0n) is 12.3. The molecule has 2 aromatic rings. The highest BCUT2D eigenvalue weighted by atomic mass is 35.5. The normalized spacial score (nSPS) is 20.5. The van der Waals surface area contributed by atoms with Gasteiger partial charge in [-0.3, -0.25) is 0 Å². The SMILES string of the molecule is CCOC(=O)c1[nH]cc2c1C[C@H](Sc1ccccc1)[C@@H](Cl)C2. The lowest BCUT2D eigenvalue weighted by Gasteiger charge is -2.27. The van der Waals surface area contributed by atoms with E-state index in [-0.39, 0.29) is 16.6 Å². The number of rotatable bonds is 4. The van der Waals surface area contributed by atoms with Crippen molar-refractivity contribution in [2.75, 3.05) is 6.61 Å². The molecule has 0 spiro atoms. The van der Waals surface area contributed by atoms with Gasteiger partial charge < -0.3 is 9.72 Å². The maximum atomic E-state index is 12.0. The fourth-order valence-electron chi connectivity index (χ4n) is 2.75. The van der Waals surface area contributed by atoms with Gasteiger partial charge >= 0.3 is 5.97 Å². The molecular formula is C17H18ClNO2S. The first-order chi connectivity index (χ1) is 10.7. The van der Waals surface area contributed by atoms with Crippen molar-refractivity contribution in [1.82, 2.24) is 4.98 Å². The van der Waals surface area contributed by atoms with Gasteiger partial charge in [0.05, 0.1) is 12.0 Å². The van der Waals surface area contributed by atoms with Crippen molar-refractivity contribution in [1.29, 1.82) is 0 Å². The third-order valence-electron chi connectivity index (χ3n) is 3.81. The zero-order valence-corrected chi connectivity index (χ0v) is 13.9. The van der Waals surface area contributed by atoms with Gasteiger partial charge in [0, 0.05) is 16.3 Å². The van der Waals surface area contributed by atoms with Crippen molar-refractivity contribution in [3.8, 4) is 0 Å². The number of benzene rings is 1. The summed E-state index contributed by atoms with van der Waals surface area (Å²) in [6.07, 6.45) is 3.44. The Balaban J connectivity index is 1.81. The van der Waals surface area contributed by atoms with Gasteiger partial charge in [0.1, 0.15) is 5.69 Å². The Bertz CT molecular complexity index is 656. The summed E-state index contributed by atoms with van der Waals surface area (Å²) in [7, 11) is 0. The van der Waals surface area contributed by atoms with Gasteiger partial charge in [-0.25, -0.2) is 4.79 Å². The third kappa shape index (κ3) is 3.18. The van der Waals surface area contributed by atoms with Crippen molar-refractivity contribution in [3.05, 3.63) is 53.3 Å². The van der Waals surface area contributed by atoms with E-state index < -0.39 is 0 Å². The summed E-state index contributed by atoms with van der Waals surface area (Å²) in [4.78, 5) is 16.3. The minimum Gasteiger partial charge on any atom is -0.461 e. The van der Waals surface area contributed by atoms with E-state index in [4.69, 9.17) is 16.3 Å². The molecule has 1 aromatic carbocycles. The number of ether oxygens (including phenoxy) is 1. The summed E-state index contributed by atoms with van der Waals surface area (Å²) in [5.74, 6) is -0.278. The fourth-order valence-corrected chi connectivity index (χ4v) is 4.32. The van der Waals surface area contributed by atoms with Crippen LogP contribution >= 0.6 is 23.4 Å². The first-order valence-electron chi connectivity index (χ1n) is 7.41. The highest BCUT2D eigenvalue weighted by Crippen LogP contribution is 2.37. The second kappa shape index (κ2) is 6.80. The van der Waals surface area contributed by atoms with Crippen LogP contribution in [0.15, 0.2) is 41.4 Å². The molecule has 1 aliphatic carbocycles. The number of aromatic nitrogens is 1. The monoisotopic (exact) mass is 335 g/mol. The van der Waals surface area contributed by atoms with Crippen molar-refractivity contribution in [2.24, 2.45) is 0 Å². The van der Waals surface area contributed by atoms with Gasteiger partial charge in [-0.15, -0.1) is 23.4 Å². The van der Waals surface area contributed by atoms with E-state index in [1.54, 1.807) is 11.8 Å². The van der Waals surface area contributed by atoms with Gasteiger partial charge in [-0.1, -0.05) is 18.2 Å². The summed E-state index contributed by atoms with van der Waals surface area (Å²) in [6, 6.07) is 10.2. The maximum Gasteiger partial charge on any atom is 0.355 e. The average molecular weight is 336 g/mol. The Morgan fingerprint density at radius 3 is 2.86 bits per heavy atom. The number of halogens is 1. The predicted octanol–water partition coefficient (Wildman–Crippen LogP) is 4.06. The van der Waals surface area contributed by atoms with E-state index in [2.05, 4.69) is 17.1 Å². The fraction of sp³-hybridized carbons (Fsp3) is 0.353. The maximum absolute atomic E-state index is 12.0. The summed E-state index contributed by atoms with van der Waals surface area (Å²) in [5, 5.41) is 0.309. The van der Waals surface area contributed by atoms with Crippen LogP contribution in [0.2, 0.25) is 0 Å². The summed E-state index contributed by atoms with van der Waals surface area (Å²) < 4.78 is 5.12. The molecule has 1 heterocycles. The van der Waals surface area contributed by atoms with Crippen molar-refractivity contribution >= 4 is 29.3 Å². The molecular weight excluding hydrogens is 318 g/mol. The van der Waals surface area contributed by atoms with Crippen molar-refractivity contribution in [2.45, 2.75) is 35.3 Å². The van der Waals surface area contributed by atoms with Crippen LogP contribution in [0.4, 0.5) is 0 Å². The molecule has 0 saturated carbocycles. The van der Waals surface area contributed by atoms with Gasteiger partial charge in [0.2, 0.25) is 0 Å². The standard InChI is InChI=1S/C17H18ClNO2S/c1-2-21-17(20)16-13-9-15(14(18)8-11(13)10-19-16)22-12-6-4-3-5-7-12/h3-7,10,14-15,19H,2,8-9H2,1H3/t14-,15-/m0/s1. The van der Waals surface area contributed by atoms with Crippen LogP contribution in [0.25, 0.3) is 0 Å². The van der Waals surface area contributed by atoms with E-state index in [0.717, 1.165) is 24.0 Å². The molecule has 0 saturated heterocycles. The smallest absolute Gasteiger partial charge is 0.355 e. The van der Waals surface area contributed by atoms with Gasteiger partial charge in [0.25, 0.3) is 0 Å². The van der Waals surface area contributed by atoms with Crippen molar-refractivity contribution < 1.29 is 9.53 Å². The average Bonchev–Trinajstić information content (AvgIpc) is 2.92. The summed E-state index contributed by atoms with van der Waals surface area (Å²) >= 11 is 8.33. The van der Waals surface area contributed by atoms with Gasteiger partial charge in [-0.05, 0) is 43.0 Å². The van der Waals surface area contributed by atoms with E-state index >= 15 is 0 Å². The third-order valence-corrected chi connectivity index (χ3v) is 5.76. The Hall–Kier alpha value is -1.39. The molecule has 5 heteroatoms. The molecule has 116 valence electrons. The molecule has 0 unspecified atom stereocenters. The van der Waals surface area contributed by atoms with E-state index in [1.165, 1.54) is 4.90 Å². The highest BCUT2D eigenvalue weighted by Gasteiger charge is 2.32. The van der Waals surface area contributed by atoms with Crippen molar-refractivity contribution in [3.63, 3.8) is 0 Å². The first kappa shape index (κ1) is 15.5. The largest absolute Gasteiger partial charge is 0.461 e. The number of hydrogen-bond donors (Lipinski definition) is 1. The highest BCUT2D eigenvalue weighted by molar-refractivity contribution is 8.00. The topological polar surface area (TPSA) is 42.1 Å². The molecule has 0 amide bonds. The number of fused-ring (bicyclic) bond motifs is 1. The van der Waals surface area contributed by atoms with Gasteiger partial charge in [0.15, 0.2) is 0 Å². The number of alkyl halides is 1. The van der Waals surface area contributed by atoms with E-state index in [9.17, 15) is 4.79 Å². The minimum atomic E-state index is -0.278. The Morgan fingerprint density at radius 1 is 1.36 bits per heavy atom. The lowest BCUT2D eigenvalue weighted by molar-refractivity contribution is 0.0519. The molecule has 1 N–H and O–H groups in total. The molecule has 1 aliphatic rings. The molecule has 0 fully saturated rings. The number of nitrogens with one attached hydrogen (secondary N) is 1. The Kier molecular flexibility index (Phi) is 4.79. The molecule has 0 bridgehead atoms. The molecule has 1 aromatic heterocycles. The molecule has 0 radical (unpaired) electrons. The lowest BCUT2D eigenvalue weighted by Crippen LogP contribution is -2.28. The molecule has 2 atom stereocenters. The number of carbonyl (C=O) groups excluding carboxylic acids is 1. The predicted molar refractivity (Wildman–Crippen MR) is 89.9 cm³/mol. The molecule has 3 nitrogen and oxygen atoms in total. The molecule has 0 aliphatic heterocycles. The second-order valence-electron chi connectivity index (χ2n) is 5.28. The van der Waals surface area contributed by atoms with Crippen LogP contribution in [0.3, 0.4) is 0 Å². The van der Waals surface area contributed by atoms with Crippen LogP contribution in [0.5, 0.6) is 0 Å². The first-order valence-corrected chi connectivity index (χ1v) is 8.72. The molecule has 3 rings (SSSR count). The van der Waals surface area contributed by atoms with Crippen LogP contribution in [0, 0.1) is 0 Å². The van der Waals surface area contributed by atoms with Gasteiger partial charge in [-0.2, -0.15) is 0 Å². The number of carbonyl (C=O) groups is 1. The Labute approximate surface area is 139 Å². The number of esters is 1. The van der Waals surface area contributed by atoms with Crippen LogP contribution < -0.4 is 0 Å². The van der Waals surface area contributed by atoms with Crippen LogP contribution in [-0.4, -0.2) is 28.2 Å². The number of H-pyrrole nitrogens is 1. The van der Waals surface area contributed by atoms with E-state index in [1.807, 2.05) is 31.3 Å². The van der Waals surface area contributed by atoms with Crippen LogP contribution in [0.1, 0.15) is 28.5 Å². The quantitative estimate of drug-likeness (QED) is 0.676. The summed E-state index contributed by atoms with van der Waals surface area (Å²) in [5.41, 5.74) is 2.77. The number of thioether (sulfide) groups is 1. The lowest BCUT2D eigenvalue weighted by atomic mass is 9.93. The molecule has 22 heavy (non-hydrogen) atoms.